The number of aromatic hydroxyl groups is 2. The van der Waals surface area contributed by atoms with Crippen molar-refractivity contribution in [2.45, 2.75) is 69.8 Å². The zero-order chi connectivity index (χ0) is 33.5. The quantitative estimate of drug-likeness (QED) is 0.100. The molecule has 0 aromatic heterocycles. The van der Waals surface area contributed by atoms with Gasteiger partial charge in [0, 0.05) is 32.1 Å². The fraction of sp³-hybridized carbons (Fsp3) is 0.516. The van der Waals surface area contributed by atoms with Gasteiger partial charge in [-0.05, 0) is 62.0 Å². The normalized spacial score (nSPS) is 13.9. The molecule has 8 nitrogen and oxygen atoms in total. The van der Waals surface area contributed by atoms with Gasteiger partial charge in [-0.15, -0.1) is 0 Å². The van der Waals surface area contributed by atoms with E-state index in [1.54, 1.807) is 6.07 Å². The number of phenols is 2. The summed E-state index contributed by atoms with van der Waals surface area (Å²) >= 11 is 0. The Kier molecular flexibility index (Phi) is 15.3. The van der Waals surface area contributed by atoms with Gasteiger partial charge in [0.1, 0.15) is 0 Å². The van der Waals surface area contributed by atoms with Gasteiger partial charge in [-0.3, -0.25) is 14.4 Å². The minimum atomic E-state index is -5.77. The monoisotopic (exact) mass is 647 g/mol. The Morgan fingerprint density at radius 3 is 1.82 bits per heavy atom. The summed E-state index contributed by atoms with van der Waals surface area (Å²) in [6.07, 6.45) is -3.35. The second-order valence-electron chi connectivity index (χ2n) is 10.6. The lowest BCUT2D eigenvalue weighted by molar-refractivity contribution is -0.193. The lowest BCUT2D eigenvalue weighted by Crippen LogP contribution is -2.45. The van der Waals surface area contributed by atoms with Gasteiger partial charge >= 0.3 is 23.9 Å². The van der Waals surface area contributed by atoms with Crippen LogP contribution in [0.4, 0.5) is 26.3 Å². The lowest BCUT2D eigenvalue weighted by atomic mass is 9.94. The Balaban J connectivity index is 0.000000498. The molecule has 0 saturated heterocycles. The Hall–Kier alpha value is -3.65. The molecule has 2 aromatic rings. The van der Waals surface area contributed by atoms with E-state index in [0.29, 0.717) is 19.0 Å². The highest BCUT2D eigenvalue weighted by Gasteiger charge is 2.54. The first kappa shape index (κ1) is 37.5. The molecule has 0 radical (unpaired) electrons. The van der Waals surface area contributed by atoms with Gasteiger partial charge in [0.25, 0.3) is 0 Å². The maximum atomic E-state index is 13.0. The number of hydrogen-bond acceptors (Lipinski definition) is 7. The van der Waals surface area contributed by atoms with Crippen molar-refractivity contribution < 1.29 is 50.9 Å². The number of rotatable bonds is 14. The summed E-state index contributed by atoms with van der Waals surface area (Å²) in [5.41, 5.74) is 2.29. The summed E-state index contributed by atoms with van der Waals surface area (Å²) in [5, 5.41) is 25.9. The maximum absolute atomic E-state index is 13.0. The molecule has 0 heterocycles. The molecule has 1 saturated carbocycles. The van der Waals surface area contributed by atoms with E-state index in [0.717, 1.165) is 57.4 Å². The number of halogens is 6. The number of ketones is 2. The van der Waals surface area contributed by atoms with Crippen LogP contribution >= 0.6 is 0 Å². The van der Waals surface area contributed by atoms with Crippen molar-refractivity contribution in [3.8, 4) is 11.5 Å². The second-order valence-corrected chi connectivity index (χ2v) is 10.6. The van der Waals surface area contributed by atoms with E-state index in [-0.39, 0.29) is 17.4 Å². The molecule has 1 aliphatic rings. The molecule has 0 atom stereocenters. The average molecular weight is 648 g/mol. The molecular weight excluding hydrogens is 608 g/mol. The van der Waals surface area contributed by atoms with Gasteiger partial charge in [-0.25, -0.2) is 0 Å². The molecule has 14 heteroatoms. The Bertz CT molecular complexity index is 1190. The van der Waals surface area contributed by atoms with Gasteiger partial charge in [0.2, 0.25) is 5.91 Å². The Morgan fingerprint density at radius 2 is 1.27 bits per heavy atom. The van der Waals surface area contributed by atoms with Crippen molar-refractivity contribution in [3.05, 3.63) is 59.7 Å². The summed E-state index contributed by atoms with van der Waals surface area (Å²) in [6, 6.07) is 15.7. The first-order valence-corrected chi connectivity index (χ1v) is 14.7. The standard InChI is InChI=1S/C27H39N3O3.C4F6O2/c31-25-12-11-23(21-26(25)32)14-17-29-19-20-30(24-9-5-2-6-10-24)27(33)15-18-28-16-13-22-7-3-1-4-8-22;5-3(6,7)1(11)2(12)4(8,9)10/h1,3-4,7-8,11-12,21,24,28-29,31-32H,2,5-6,9-10,13-20H2;. The second kappa shape index (κ2) is 18.4. The number of hydrogen-bond donors (Lipinski definition) is 4. The van der Waals surface area contributed by atoms with Crippen molar-refractivity contribution in [1.82, 2.24) is 15.5 Å². The fourth-order valence-corrected chi connectivity index (χ4v) is 4.78. The van der Waals surface area contributed by atoms with Crippen molar-refractivity contribution in [2.24, 2.45) is 0 Å². The molecule has 0 aliphatic heterocycles. The largest absolute Gasteiger partial charge is 0.504 e. The fourth-order valence-electron chi connectivity index (χ4n) is 4.78. The van der Waals surface area contributed by atoms with E-state index in [1.165, 1.54) is 30.9 Å². The first-order valence-electron chi connectivity index (χ1n) is 14.7. The van der Waals surface area contributed by atoms with Crippen molar-refractivity contribution in [3.63, 3.8) is 0 Å². The number of alkyl halides is 6. The third-order valence-corrected chi connectivity index (χ3v) is 7.17. The topological polar surface area (TPSA) is 119 Å². The number of benzene rings is 2. The van der Waals surface area contributed by atoms with Crippen LogP contribution in [0.15, 0.2) is 48.5 Å². The van der Waals surface area contributed by atoms with Crippen molar-refractivity contribution >= 4 is 17.5 Å². The Labute approximate surface area is 257 Å². The molecule has 1 aliphatic carbocycles. The summed E-state index contributed by atoms with van der Waals surface area (Å²) in [4.78, 5) is 34.4. The summed E-state index contributed by atoms with van der Waals surface area (Å²) in [5.74, 6) is -6.74. The van der Waals surface area contributed by atoms with Gasteiger partial charge in [-0.1, -0.05) is 55.7 Å². The van der Waals surface area contributed by atoms with E-state index >= 15 is 0 Å². The smallest absolute Gasteiger partial charge is 0.458 e. The summed E-state index contributed by atoms with van der Waals surface area (Å²) in [6.45, 7) is 3.85. The van der Waals surface area contributed by atoms with Crippen LogP contribution in [-0.2, 0) is 27.2 Å². The molecule has 1 fully saturated rings. The molecule has 2 aromatic carbocycles. The molecule has 4 N–H and O–H groups in total. The number of nitrogens with one attached hydrogen (secondary N) is 2. The van der Waals surface area contributed by atoms with Crippen LogP contribution in [-0.4, -0.2) is 83.7 Å². The number of amides is 1. The van der Waals surface area contributed by atoms with Crippen molar-refractivity contribution in [1.29, 1.82) is 0 Å². The Morgan fingerprint density at radius 1 is 0.711 bits per heavy atom. The van der Waals surface area contributed by atoms with Crippen LogP contribution < -0.4 is 10.6 Å². The number of carbonyl (C=O) groups excluding carboxylic acids is 3. The predicted octanol–water partition coefficient (Wildman–Crippen LogP) is 4.86. The van der Waals surface area contributed by atoms with Gasteiger partial charge < -0.3 is 25.7 Å². The van der Waals surface area contributed by atoms with E-state index in [2.05, 4.69) is 39.8 Å². The van der Waals surface area contributed by atoms with Crippen LogP contribution in [0.5, 0.6) is 11.5 Å². The van der Waals surface area contributed by atoms with Crippen LogP contribution in [0.25, 0.3) is 0 Å². The zero-order valence-electron chi connectivity index (χ0n) is 24.7. The molecular formula is C31H39F6N3O5. The van der Waals surface area contributed by atoms with E-state index in [4.69, 9.17) is 0 Å². The molecule has 0 spiro atoms. The highest BCUT2D eigenvalue weighted by atomic mass is 19.4. The molecule has 0 unspecified atom stereocenters. The SMILES string of the molecule is O=C(C(=O)C(F)(F)F)C(F)(F)F.O=C(CCNCCc1ccccc1)N(CCNCCc1ccc(O)c(O)c1)C1CCCCC1. The average Bonchev–Trinajstić information content (AvgIpc) is 3.00. The van der Waals surface area contributed by atoms with Crippen LogP contribution in [0.3, 0.4) is 0 Å². The zero-order valence-corrected chi connectivity index (χ0v) is 24.7. The number of nitrogens with zero attached hydrogens (tertiary/aromatic N) is 1. The predicted molar refractivity (Wildman–Crippen MR) is 155 cm³/mol. The molecule has 0 bridgehead atoms. The van der Waals surface area contributed by atoms with E-state index < -0.39 is 23.9 Å². The minimum Gasteiger partial charge on any atom is -0.504 e. The highest BCUT2D eigenvalue weighted by molar-refractivity contribution is 6.41. The van der Waals surface area contributed by atoms with Crippen LogP contribution in [0, 0.1) is 0 Å². The molecule has 250 valence electrons. The maximum Gasteiger partial charge on any atom is 0.458 e. The number of phenolic OH excluding ortho intramolecular Hbond substituents is 2. The molecule has 3 rings (SSSR count). The van der Waals surface area contributed by atoms with Crippen molar-refractivity contribution in [2.75, 3.05) is 32.7 Å². The van der Waals surface area contributed by atoms with E-state index in [1.807, 2.05) is 12.1 Å². The molecule has 45 heavy (non-hydrogen) atoms. The lowest BCUT2D eigenvalue weighted by Gasteiger charge is -2.34. The van der Waals surface area contributed by atoms with Gasteiger partial charge in [0.15, 0.2) is 11.5 Å². The van der Waals surface area contributed by atoms with Crippen LogP contribution in [0.2, 0.25) is 0 Å². The summed E-state index contributed by atoms with van der Waals surface area (Å²) < 4.78 is 67.0. The third-order valence-electron chi connectivity index (χ3n) is 7.17. The summed E-state index contributed by atoms with van der Waals surface area (Å²) in [7, 11) is 0. The first-order chi connectivity index (χ1) is 21.2. The van der Waals surface area contributed by atoms with Gasteiger partial charge in [0.05, 0.1) is 0 Å². The minimum absolute atomic E-state index is 0.0843. The van der Waals surface area contributed by atoms with Crippen LogP contribution in [0.1, 0.15) is 49.7 Å². The molecule has 1 amide bonds. The highest BCUT2D eigenvalue weighted by Crippen LogP contribution is 2.26. The van der Waals surface area contributed by atoms with E-state index in [9.17, 15) is 50.9 Å². The third kappa shape index (κ3) is 13.9. The number of Topliss-reactive ketones (excluding diaryl/α,β-unsaturated/α-hetero) is 2. The number of carbonyl (C=O) groups is 3. The van der Waals surface area contributed by atoms with Gasteiger partial charge in [-0.2, -0.15) is 26.3 Å².